The largest absolute Gasteiger partial charge is 0.355 e. The summed E-state index contributed by atoms with van der Waals surface area (Å²) in [5, 5.41) is 10.3. The second-order valence-corrected chi connectivity index (χ2v) is 13.9. The Morgan fingerprint density at radius 1 is 1.07 bits per heavy atom. The van der Waals surface area contributed by atoms with Gasteiger partial charge in [-0.3, -0.25) is 19.1 Å². The molecule has 2 atom stereocenters. The van der Waals surface area contributed by atoms with Crippen LogP contribution in [0, 0.1) is 28.6 Å². The maximum Gasteiger partial charge on any atom is 0.294 e. The Morgan fingerprint density at radius 3 is 2.27 bits per heavy atom. The number of carbonyl (C=O) groups is 3. The van der Waals surface area contributed by atoms with Crippen LogP contribution in [-0.4, -0.2) is 40.3 Å². The summed E-state index contributed by atoms with van der Waals surface area (Å²) in [5.41, 5.74) is 1.57. The second kappa shape index (κ2) is 11.2. The first-order chi connectivity index (χ1) is 19.4. The van der Waals surface area contributed by atoms with Crippen molar-refractivity contribution in [2.24, 2.45) is 40.6 Å². The van der Waals surface area contributed by atoms with E-state index in [1.807, 2.05) is 38.1 Å². The monoisotopic (exact) mass is 559 g/mol. The molecule has 5 rings (SSSR count). The predicted molar refractivity (Wildman–Crippen MR) is 161 cm³/mol. The van der Waals surface area contributed by atoms with Gasteiger partial charge in [0.15, 0.2) is 0 Å². The van der Waals surface area contributed by atoms with Crippen molar-refractivity contribution in [1.82, 2.24) is 15.1 Å². The molecule has 220 valence electrons. The lowest BCUT2D eigenvalue weighted by atomic mass is 9.64. The predicted octanol–water partition coefficient (Wildman–Crippen LogP) is 5.69. The van der Waals surface area contributed by atoms with Gasteiger partial charge in [-0.25, -0.2) is 4.99 Å². The number of aryl methyl sites for hydroxylation is 1. The van der Waals surface area contributed by atoms with Crippen LogP contribution in [-0.2, 0) is 22.1 Å². The Labute approximate surface area is 243 Å². The van der Waals surface area contributed by atoms with Crippen LogP contribution in [0.3, 0.4) is 0 Å². The quantitative estimate of drug-likeness (QED) is 0.345. The summed E-state index contributed by atoms with van der Waals surface area (Å²) < 4.78 is 1.50. The molecule has 3 saturated carbocycles. The molecule has 0 aliphatic heterocycles. The van der Waals surface area contributed by atoms with Gasteiger partial charge in [-0.2, -0.15) is 5.10 Å². The molecule has 3 amide bonds. The third kappa shape index (κ3) is 6.16. The van der Waals surface area contributed by atoms with Crippen LogP contribution in [0.15, 0.2) is 41.5 Å². The van der Waals surface area contributed by atoms with E-state index in [1.54, 1.807) is 25.5 Å². The SMILES string of the molecule is Cn1nccc1C(=O)/N=C\C(C(=O)Nc1ccc(C(C)(C)C(=O)NCC2(C)CCC2)cc1)C(C1CCC1)C1(C)CC1. The van der Waals surface area contributed by atoms with E-state index in [1.165, 1.54) is 17.5 Å². The summed E-state index contributed by atoms with van der Waals surface area (Å²) in [6, 6.07) is 9.20. The van der Waals surface area contributed by atoms with E-state index >= 15 is 0 Å². The fourth-order valence-corrected chi connectivity index (χ4v) is 6.55. The number of rotatable bonds is 11. The second-order valence-electron chi connectivity index (χ2n) is 13.9. The van der Waals surface area contributed by atoms with Gasteiger partial charge in [0.25, 0.3) is 5.91 Å². The van der Waals surface area contributed by atoms with E-state index in [4.69, 9.17) is 0 Å². The van der Waals surface area contributed by atoms with Gasteiger partial charge >= 0.3 is 0 Å². The van der Waals surface area contributed by atoms with E-state index in [9.17, 15) is 14.4 Å². The Morgan fingerprint density at radius 2 is 1.76 bits per heavy atom. The molecule has 41 heavy (non-hydrogen) atoms. The number of benzene rings is 1. The highest BCUT2D eigenvalue weighted by atomic mass is 16.2. The summed E-state index contributed by atoms with van der Waals surface area (Å²) in [6.07, 6.45) is 12.3. The van der Waals surface area contributed by atoms with E-state index in [0.717, 1.165) is 44.1 Å². The van der Waals surface area contributed by atoms with Crippen molar-refractivity contribution in [2.45, 2.75) is 84.5 Å². The first-order valence-electron chi connectivity index (χ1n) is 15.2. The number of hydrogen-bond acceptors (Lipinski definition) is 4. The first-order valence-corrected chi connectivity index (χ1v) is 15.2. The highest BCUT2D eigenvalue weighted by molar-refractivity contribution is 6.06. The molecule has 2 N–H and O–H groups in total. The van der Waals surface area contributed by atoms with E-state index < -0.39 is 17.2 Å². The van der Waals surface area contributed by atoms with Crippen LogP contribution in [0.25, 0.3) is 0 Å². The normalized spacial score (nSPS) is 20.9. The molecule has 0 radical (unpaired) electrons. The molecule has 0 bridgehead atoms. The maximum absolute atomic E-state index is 13.8. The third-order valence-corrected chi connectivity index (χ3v) is 10.3. The molecular formula is C33H45N5O3. The molecular weight excluding hydrogens is 514 g/mol. The number of amides is 3. The number of nitrogens with one attached hydrogen (secondary N) is 2. The molecule has 2 aromatic rings. The zero-order valence-electron chi connectivity index (χ0n) is 25.2. The Bertz CT molecular complexity index is 1310. The van der Waals surface area contributed by atoms with Gasteiger partial charge < -0.3 is 10.6 Å². The van der Waals surface area contributed by atoms with Crippen molar-refractivity contribution in [3.63, 3.8) is 0 Å². The lowest BCUT2D eigenvalue weighted by Gasteiger charge is -2.41. The molecule has 1 aromatic heterocycles. The third-order valence-electron chi connectivity index (χ3n) is 10.3. The van der Waals surface area contributed by atoms with Crippen molar-refractivity contribution in [3.05, 3.63) is 47.8 Å². The smallest absolute Gasteiger partial charge is 0.294 e. The van der Waals surface area contributed by atoms with Gasteiger partial charge in [0.2, 0.25) is 11.8 Å². The first kappa shape index (κ1) is 29.2. The standard InChI is InChI=1S/C33H45N5O3/c1-31(2,30(41)35-21-32(3)15-7-16-32)23-10-12-24(13-11-23)37-28(39)25(20-34-29(40)26-14-19-36-38(26)5)27(22-8-6-9-22)33(4)17-18-33/h10-14,19-20,22,25,27H,6-9,15-18,21H2,1-5H3,(H,35,41)(H,37,39)/b34-20-. The van der Waals surface area contributed by atoms with Gasteiger partial charge in [-0.15, -0.1) is 0 Å². The van der Waals surface area contributed by atoms with Gasteiger partial charge in [0.1, 0.15) is 5.69 Å². The number of nitrogens with zero attached hydrogens (tertiary/aromatic N) is 3. The van der Waals surface area contributed by atoms with Crippen molar-refractivity contribution in [1.29, 1.82) is 0 Å². The van der Waals surface area contributed by atoms with Crippen LogP contribution >= 0.6 is 0 Å². The minimum Gasteiger partial charge on any atom is -0.355 e. The van der Waals surface area contributed by atoms with E-state index in [0.29, 0.717) is 23.8 Å². The molecule has 8 nitrogen and oxygen atoms in total. The minimum atomic E-state index is -0.695. The lowest BCUT2D eigenvalue weighted by Crippen LogP contribution is -2.46. The number of anilines is 1. The molecule has 8 heteroatoms. The summed E-state index contributed by atoms with van der Waals surface area (Å²) in [6.45, 7) is 9.07. The Hall–Kier alpha value is -3.29. The number of aliphatic imine (C=N–C) groups is 1. The lowest BCUT2D eigenvalue weighted by molar-refractivity contribution is -0.126. The zero-order chi connectivity index (χ0) is 29.4. The summed E-state index contributed by atoms with van der Waals surface area (Å²) >= 11 is 0. The Kier molecular flexibility index (Phi) is 7.96. The molecule has 3 aliphatic carbocycles. The highest BCUT2D eigenvalue weighted by Crippen LogP contribution is 2.59. The van der Waals surface area contributed by atoms with Crippen molar-refractivity contribution in [2.75, 3.05) is 11.9 Å². The number of carbonyl (C=O) groups excluding carboxylic acids is 3. The summed E-state index contributed by atoms with van der Waals surface area (Å²) in [4.78, 5) is 44.0. The van der Waals surface area contributed by atoms with Crippen molar-refractivity contribution >= 4 is 29.6 Å². The number of hydrogen-bond donors (Lipinski definition) is 2. The van der Waals surface area contributed by atoms with Gasteiger partial charge in [0.05, 0.1) is 11.3 Å². The average molecular weight is 560 g/mol. The Balaban J connectivity index is 1.31. The molecule has 0 spiro atoms. The molecule has 0 saturated heterocycles. The van der Waals surface area contributed by atoms with Crippen LogP contribution in [0.2, 0.25) is 0 Å². The maximum atomic E-state index is 13.8. The van der Waals surface area contributed by atoms with Crippen LogP contribution in [0.5, 0.6) is 0 Å². The topological polar surface area (TPSA) is 105 Å². The molecule has 1 aromatic carbocycles. The summed E-state index contributed by atoms with van der Waals surface area (Å²) in [7, 11) is 1.71. The number of aromatic nitrogens is 2. The molecule has 2 unspecified atom stereocenters. The van der Waals surface area contributed by atoms with Gasteiger partial charge in [0, 0.05) is 31.7 Å². The average Bonchev–Trinajstić information content (AvgIpc) is 3.49. The van der Waals surface area contributed by atoms with E-state index in [-0.39, 0.29) is 28.6 Å². The van der Waals surface area contributed by atoms with Crippen LogP contribution < -0.4 is 10.6 Å². The van der Waals surface area contributed by atoms with Gasteiger partial charge in [-0.05, 0) is 86.0 Å². The summed E-state index contributed by atoms with van der Waals surface area (Å²) in [5.74, 6) is -0.445. The molecule has 3 aliphatic rings. The van der Waals surface area contributed by atoms with E-state index in [2.05, 4.69) is 34.6 Å². The van der Waals surface area contributed by atoms with Gasteiger partial charge in [-0.1, -0.05) is 51.7 Å². The zero-order valence-corrected chi connectivity index (χ0v) is 25.2. The van der Waals surface area contributed by atoms with Crippen LogP contribution in [0.1, 0.15) is 95.1 Å². The van der Waals surface area contributed by atoms with Crippen molar-refractivity contribution < 1.29 is 14.4 Å². The fraction of sp³-hybridized carbons (Fsp3) is 0.606. The van der Waals surface area contributed by atoms with Crippen molar-refractivity contribution in [3.8, 4) is 0 Å². The minimum absolute atomic E-state index is 0.0118. The van der Waals surface area contributed by atoms with Crippen LogP contribution in [0.4, 0.5) is 5.69 Å². The fourth-order valence-electron chi connectivity index (χ4n) is 6.55. The molecule has 3 fully saturated rings. The molecule has 1 heterocycles. The highest BCUT2D eigenvalue weighted by Gasteiger charge is 2.53.